The van der Waals surface area contributed by atoms with E-state index in [1.165, 1.54) is 13.8 Å². The van der Waals surface area contributed by atoms with Gasteiger partial charge in [0.1, 0.15) is 6.04 Å². The summed E-state index contributed by atoms with van der Waals surface area (Å²) in [5.74, 6) is -1.27. The quantitative estimate of drug-likeness (QED) is 0.815. The average molecular weight is 303 g/mol. The molecule has 2 N–H and O–H groups in total. The number of rotatable bonds is 4. The zero-order valence-electron chi connectivity index (χ0n) is 12.4. The first-order valence-corrected chi connectivity index (χ1v) is 6.92. The van der Waals surface area contributed by atoms with Crippen LogP contribution >= 0.6 is 0 Å². The van der Waals surface area contributed by atoms with E-state index >= 15 is 0 Å². The van der Waals surface area contributed by atoms with E-state index in [9.17, 15) is 19.2 Å². The van der Waals surface area contributed by atoms with Crippen molar-refractivity contribution >= 4 is 35.0 Å². The van der Waals surface area contributed by atoms with Crippen LogP contribution < -0.4 is 10.6 Å². The Morgan fingerprint density at radius 2 is 1.45 bits per heavy atom. The van der Waals surface area contributed by atoms with Crippen molar-refractivity contribution in [3.8, 4) is 0 Å². The zero-order valence-corrected chi connectivity index (χ0v) is 12.4. The van der Waals surface area contributed by atoms with Gasteiger partial charge in [0.05, 0.1) is 0 Å². The van der Waals surface area contributed by atoms with E-state index in [1.54, 1.807) is 24.3 Å². The molecule has 0 unspecified atom stereocenters. The topological polar surface area (TPSA) is 95.6 Å². The van der Waals surface area contributed by atoms with Crippen molar-refractivity contribution in [1.82, 2.24) is 4.90 Å². The van der Waals surface area contributed by atoms with Crippen LogP contribution in [0, 0.1) is 0 Å². The number of carbonyl (C=O) groups excluding carboxylic acids is 4. The summed E-state index contributed by atoms with van der Waals surface area (Å²) < 4.78 is 0. The number of hydrogen-bond donors (Lipinski definition) is 2. The van der Waals surface area contributed by atoms with Gasteiger partial charge in [0.2, 0.25) is 23.6 Å². The van der Waals surface area contributed by atoms with Crippen LogP contribution in [0.5, 0.6) is 0 Å². The molecule has 1 atom stereocenters. The Hall–Kier alpha value is -2.70. The molecular weight excluding hydrogens is 286 g/mol. The maximum atomic E-state index is 12.1. The van der Waals surface area contributed by atoms with Crippen molar-refractivity contribution in [2.24, 2.45) is 0 Å². The van der Waals surface area contributed by atoms with E-state index < -0.39 is 11.9 Å². The minimum Gasteiger partial charge on any atom is -0.326 e. The van der Waals surface area contributed by atoms with Crippen LogP contribution in [0.3, 0.4) is 0 Å². The van der Waals surface area contributed by atoms with Gasteiger partial charge in [-0.3, -0.25) is 24.1 Å². The van der Waals surface area contributed by atoms with E-state index in [0.29, 0.717) is 11.4 Å². The molecule has 1 aromatic rings. The SMILES string of the molecule is CC(=O)Nc1ccc(NC(=O)[C@H](C)N2C(=O)CCC2=O)cc1. The van der Waals surface area contributed by atoms with E-state index in [2.05, 4.69) is 10.6 Å². The van der Waals surface area contributed by atoms with Gasteiger partial charge in [-0.2, -0.15) is 0 Å². The second kappa shape index (κ2) is 6.38. The van der Waals surface area contributed by atoms with E-state index in [1.807, 2.05) is 0 Å². The monoisotopic (exact) mass is 303 g/mol. The van der Waals surface area contributed by atoms with Crippen molar-refractivity contribution in [2.75, 3.05) is 10.6 Å². The lowest BCUT2D eigenvalue weighted by atomic mass is 10.2. The number of amides is 4. The van der Waals surface area contributed by atoms with Gasteiger partial charge >= 0.3 is 0 Å². The normalized spacial score (nSPS) is 15.6. The smallest absolute Gasteiger partial charge is 0.247 e. The predicted molar refractivity (Wildman–Crippen MR) is 79.9 cm³/mol. The van der Waals surface area contributed by atoms with Crippen LogP contribution in [0.1, 0.15) is 26.7 Å². The number of likely N-dealkylation sites (tertiary alicyclic amines) is 1. The first-order chi connectivity index (χ1) is 10.4. The zero-order chi connectivity index (χ0) is 16.3. The van der Waals surface area contributed by atoms with Crippen molar-refractivity contribution in [1.29, 1.82) is 0 Å². The van der Waals surface area contributed by atoms with Gasteiger partial charge in [-0.15, -0.1) is 0 Å². The Morgan fingerprint density at radius 1 is 1.00 bits per heavy atom. The molecule has 0 bridgehead atoms. The van der Waals surface area contributed by atoms with Gasteiger partial charge < -0.3 is 10.6 Å². The van der Waals surface area contributed by atoms with Crippen molar-refractivity contribution < 1.29 is 19.2 Å². The molecule has 0 radical (unpaired) electrons. The Bertz CT molecular complexity index is 608. The third-order valence-corrected chi connectivity index (χ3v) is 3.33. The first kappa shape index (κ1) is 15.7. The van der Waals surface area contributed by atoms with Crippen molar-refractivity contribution in [2.45, 2.75) is 32.7 Å². The summed E-state index contributed by atoms with van der Waals surface area (Å²) in [4.78, 5) is 47.3. The molecule has 1 saturated heterocycles. The molecule has 1 aromatic carbocycles. The number of hydrogen-bond acceptors (Lipinski definition) is 4. The molecule has 1 aliphatic rings. The van der Waals surface area contributed by atoms with Gasteiger partial charge in [-0.1, -0.05) is 0 Å². The predicted octanol–water partition coefficient (Wildman–Crippen LogP) is 1.12. The van der Waals surface area contributed by atoms with E-state index in [0.717, 1.165) is 4.90 Å². The molecule has 4 amide bonds. The fourth-order valence-corrected chi connectivity index (χ4v) is 2.23. The van der Waals surface area contributed by atoms with Crippen LogP contribution in [0.2, 0.25) is 0 Å². The highest BCUT2D eigenvalue weighted by Crippen LogP contribution is 2.18. The Morgan fingerprint density at radius 3 is 1.91 bits per heavy atom. The molecule has 116 valence electrons. The van der Waals surface area contributed by atoms with Gasteiger partial charge in [-0.25, -0.2) is 0 Å². The lowest BCUT2D eigenvalue weighted by Gasteiger charge is -2.21. The first-order valence-electron chi connectivity index (χ1n) is 6.92. The number of benzene rings is 1. The molecule has 7 heteroatoms. The van der Waals surface area contributed by atoms with Gasteiger partial charge in [0.15, 0.2) is 0 Å². The summed E-state index contributed by atoms with van der Waals surface area (Å²) in [6, 6.07) is 5.70. The van der Waals surface area contributed by atoms with Crippen LogP contribution in [0.4, 0.5) is 11.4 Å². The minimum absolute atomic E-state index is 0.155. The van der Waals surface area contributed by atoms with Crippen LogP contribution in [-0.2, 0) is 19.2 Å². The molecule has 2 rings (SSSR count). The standard InChI is InChI=1S/C15H17N3O4/c1-9(18-13(20)7-8-14(18)21)15(22)17-12-5-3-11(4-6-12)16-10(2)19/h3-6,9H,7-8H2,1-2H3,(H,16,19)(H,17,22)/t9-/m0/s1. The lowest BCUT2D eigenvalue weighted by Crippen LogP contribution is -2.44. The Balaban J connectivity index is 2.00. The Kier molecular flexibility index (Phi) is 4.55. The summed E-state index contributed by atoms with van der Waals surface area (Å²) >= 11 is 0. The highest BCUT2D eigenvalue weighted by atomic mass is 16.2. The second-order valence-corrected chi connectivity index (χ2v) is 5.08. The fourth-order valence-electron chi connectivity index (χ4n) is 2.23. The molecule has 22 heavy (non-hydrogen) atoms. The molecule has 0 aliphatic carbocycles. The van der Waals surface area contributed by atoms with Crippen LogP contribution in [-0.4, -0.2) is 34.6 Å². The maximum absolute atomic E-state index is 12.1. The third-order valence-electron chi connectivity index (χ3n) is 3.33. The molecule has 0 spiro atoms. The maximum Gasteiger partial charge on any atom is 0.247 e. The molecule has 1 aliphatic heterocycles. The highest BCUT2D eigenvalue weighted by Gasteiger charge is 2.36. The summed E-state index contributed by atoms with van der Waals surface area (Å²) in [7, 11) is 0. The lowest BCUT2D eigenvalue weighted by molar-refractivity contribution is -0.144. The summed E-state index contributed by atoms with van der Waals surface area (Å²) in [5.41, 5.74) is 1.13. The minimum atomic E-state index is -0.850. The van der Waals surface area contributed by atoms with Gasteiger partial charge in [0, 0.05) is 31.1 Å². The number of imide groups is 1. The number of nitrogens with one attached hydrogen (secondary N) is 2. The third kappa shape index (κ3) is 3.49. The van der Waals surface area contributed by atoms with Crippen LogP contribution in [0.15, 0.2) is 24.3 Å². The van der Waals surface area contributed by atoms with Crippen molar-refractivity contribution in [3.63, 3.8) is 0 Å². The fraction of sp³-hybridized carbons (Fsp3) is 0.333. The summed E-state index contributed by atoms with van der Waals surface area (Å²) in [6.45, 7) is 2.92. The van der Waals surface area contributed by atoms with Crippen molar-refractivity contribution in [3.05, 3.63) is 24.3 Å². The average Bonchev–Trinajstić information content (AvgIpc) is 2.79. The number of nitrogens with zero attached hydrogens (tertiary/aromatic N) is 1. The number of anilines is 2. The molecule has 0 saturated carbocycles. The molecule has 1 heterocycles. The Labute approximate surface area is 127 Å². The van der Waals surface area contributed by atoms with Gasteiger partial charge in [-0.05, 0) is 31.2 Å². The molecular formula is C15H17N3O4. The van der Waals surface area contributed by atoms with Gasteiger partial charge in [0.25, 0.3) is 0 Å². The van der Waals surface area contributed by atoms with E-state index in [-0.39, 0.29) is 30.6 Å². The number of carbonyl (C=O) groups is 4. The highest BCUT2D eigenvalue weighted by molar-refractivity contribution is 6.07. The van der Waals surface area contributed by atoms with Crippen LogP contribution in [0.25, 0.3) is 0 Å². The van der Waals surface area contributed by atoms with E-state index in [4.69, 9.17) is 0 Å². The molecule has 7 nitrogen and oxygen atoms in total. The molecule has 1 fully saturated rings. The summed E-state index contributed by atoms with van der Waals surface area (Å²) in [5, 5.41) is 5.26. The summed E-state index contributed by atoms with van der Waals surface area (Å²) in [6.07, 6.45) is 0.309. The second-order valence-electron chi connectivity index (χ2n) is 5.08. The largest absolute Gasteiger partial charge is 0.326 e. The molecule has 0 aromatic heterocycles.